The topological polar surface area (TPSA) is 78.9 Å². The van der Waals surface area contributed by atoms with Crippen LogP contribution in [-0.2, 0) is 20.5 Å². The van der Waals surface area contributed by atoms with Crippen LogP contribution in [0.3, 0.4) is 0 Å². The molecule has 4 rings (SSSR count). The van der Waals surface area contributed by atoms with Crippen LogP contribution in [0.2, 0.25) is 0 Å². The lowest BCUT2D eigenvalue weighted by Crippen LogP contribution is -2.49. The van der Waals surface area contributed by atoms with Gasteiger partial charge in [0.2, 0.25) is 10.0 Å². The summed E-state index contributed by atoms with van der Waals surface area (Å²) in [7, 11) is -3.51. The van der Waals surface area contributed by atoms with E-state index in [4.69, 9.17) is 4.74 Å². The standard InChI is InChI=1S/C20H26FN5O3S/c1-16-22-19(14-20(23-16)25-9-11-29-12-10-25)24-5-7-26(8-6-24)30(27,28)15-17-3-2-4-18(21)13-17/h2-4,13-14H,5-12,15H2,1H3. The van der Waals surface area contributed by atoms with E-state index >= 15 is 0 Å². The molecule has 0 bridgehead atoms. The van der Waals surface area contributed by atoms with Gasteiger partial charge in [-0.3, -0.25) is 0 Å². The first-order chi connectivity index (χ1) is 14.4. The van der Waals surface area contributed by atoms with Crippen molar-refractivity contribution in [2.24, 2.45) is 0 Å². The first-order valence-electron chi connectivity index (χ1n) is 10.1. The molecule has 0 atom stereocenters. The van der Waals surface area contributed by atoms with E-state index in [-0.39, 0.29) is 5.75 Å². The van der Waals surface area contributed by atoms with Gasteiger partial charge in [0.15, 0.2) is 0 Å². The monoisotopic (exact) mass is 435 g/mol. The summed E-state index contributed by atoms with van der Waals surface area (Å²) in [6.45, 7) is 6.64. The van der Waals surface area contributed by atoms with Crippen LogP contribution >= 0.6 is 0 Å². The maximum Gasteiger partial charge on any atom is 0.218 e. The largest absolute Gasteiger partial charge is 0.378 e. The quantitative estimate of drug-likeness (QED) is 0.703. The van der Waals surface area contributed by atoms with Gasteiger partial charge in [0.05, 0.1) is 19.0 Å². The van der Waals surface area contributed by atoms with Gasteiger partial charge in [0, 0.05) is 45.3 Å². The minimum Gasteiger partial charge on any atom is -0.378 e. The Kier molecular flexibility index (Phi) is 6.16. The van der Waals surface area contributed by atoms with E-state index in [9.17, 15) is 12.8 Å². The summed E-state index contributed by atoms with van der Waals surface area (Å²) in [5.74, 6) is 1.75. The van der Waals surface area contributed by atoms with Gasteiger partial charge >= 0.3 is 0 Å². The fourth-order valence-corrected chi connectivity index (χ4v) is 5.28. The Hall–Kier alpha value is -2.30. The Morgan fingerprint density at radius 1 is 0.967 bits per heavy atom. The number of ether oxygens (including phenoxy) is 1. The van der Waals surface area contributed by atoms with Crippen LogP contribution in [0.1, 0.15) is 11.4 Å². The first-order valence-corrected chi connectivity index (χ1v) is 11.7. The molecule has 8 nitrogen and oxygen atoms in total. The molecule has 162 valence electrons. The van der Waals surface area contributed by atoms with Crippen molar-refractivity contribution in [2.45, 2.75) is 12.7 Å². The van der Waals surface area contributed by atoms with E-state index in [1.165, 1.54) is 22.5 Å². The number of anilines is 2. The maximum absolute atomic E-state index is 13.4. The Labute approximate surface area is 176 Å². The number of piperazine rings is 1. The Morgan fingerprint density at radius 2 is 1.60 bits per heavy atom. The van der Waals surface area contributed by atoms with Gasteiger partial charge in [-0.2, -0.15) is 4.31 Å². The van der Waals surface area contributed by atoms with Gasteiger partial charge < -0.3 is 14.5 Å². The number of benzene rings is 1. The Balaban J connectivity index is 1.42. The molecule has 30 heavy (non-hydrogen) atoms. The van der Waals surface area contributed by atoms with Gasteiger partial charge in [-0.05, 0) is 24.6 Å². The molecule has 2 aliphatic rings. The van der Waals surface area contributed by atoms with Crippen LogP contribution < -0.4 is 9.80 Å². The molecule has 0 radical (unpaired) electrons. The van der Waals surface area contributed by atoms with Crippen molar-refractivity contribution in [3.63, 3.8) is 0 Å². The van der Waals surface area contributed by atoms with Crippen molar-refractivity contribution in [3.05, 3.63) is 47.5 Å². The molecule has 1 aromatic heterocycles. The van der Waals surface area contributed by atoms with E-state index in [0.29, 0.717) is 50.8 Å². The fraction of sp³-hybridized carbons (Fsp3) is 0.500. The summed E-state index contributed by atoms with van der Waals surface area (Å²) in [4.78, 5) is 13.4. The predicted molar refractivity (Wildman–Crippen MR) is 113 cm³/mol. The zero-order valence-corrected chi connectivity index (χ0v) is 17.8. The number of aryl methyl sites for hydroxylation is 1. The van der Waals surface area contributed by atoms with Gasteiger partial charge in [-0.15, -0.1) is 0 Å². The number of morpholine rings is 1. The average Bonchev–Trinajstić information content (AvgIpc) is 2.74. The molecule has 0 spiro atoms. The molecular formula is C20H26FN5O3S. The van der Waals surface area contributed by atoms with E-state index in [2.05, 4.69) is 19.8 Å². The molecule has 2 aromatic rings. The summed E-state index contributed by atoms with van der Waals surface area (Å²) in [5, 5.41) is 0. The molecule has 0 N–H and O–H groups in total. The maximum atomic E-state index is 13.4. The van der Waals surface area contributed by atoms with Gasteiger partial charge in [0.25, 0.3) is 0 Å². The number of sulfonamides is 1. The van der Waals surface area contributed by atoms with Crippen molar-refractivity contribution in [2.75, 3.05) is 62.3 Å². The number of hydrogen-bond acceptors (Lipinski definition) is 7. The molecule has 0 aliphatic carbocycles. The number of halogens is 1. The molecule has 3 heterocycles. The minimum absolute atomic E-state index is 0.196. The number of rotatable bonds is 5. The lowest BCUT2D eigenvalue weighted by atomic mass is 10.2. The van der Waals surface area contributed by atoms with Crippen LogP contribution in [0.15, 0.2) is 30.3 Å². The fourth-order valence-electron chi connectivity index (χ4n) is 3.78. The minimum atomic E-state index is -3.51. The average molecular weight is 436 g/mol. The van der Waals surface area contributed by atoms with E-state index in [1.807, 2.05) is 13.0 Å². The Bertz CT molecular complexity index is 990. The van der Waals surface area contributed by atoms with Crippen molar-refractivity contribution >= 4 is 21.7 Å². The summed E-state index contributed by atoms with van der Waals surface area (Å²) in [5.41, 5.74) is 0.457. The van der Waals surface area contributed by atoms with E-state index in [1.54, 1.807) is 6.07 Å². The highest BCUT2D eigenvalue weighted by Gasteiger charge is 2.28. The molecule has 0 unspecified atom stereocenters. The number of nitrogens with zero attached hydrogens (tertiary/aromatic N) is 5. The van der Waals surface area contributed by atoms with Crippen molar-refractivity contribution in [1.29, 1.82) is 0 Å². The second-order valence-electron chi connectivity index (χ2n) is 7.50. The Morgan fingerprint density at radius 3 is 2.23 bits per heavy atom. The molecule has 2 fully saturated rings. The highest BCUT2D eigenvalue weighted by Crippen LogP contribution is 2.22. The van der Waals surface area contributed by atoms with E-state index < -0.39 is 15.8 Å². The molecule has 0 amide bonds. The molecule has 1 aromatic carbocycles. The second-order valence-corrected chi connectivity index (χ2v) is 9.47. The summed E-state index contributed by atoms with van der Waals surface area (Å²) >= 11 is 0. The molecular weight excluding hydrogens is 409 g/mol. The summed E-state index contributed by atoms with van der Waals surface area (Å²) < 4.78 is 45.8. The third-order valence-electron chi connectivity index (χ3n) is 5.34. The summed E-state index contributed by atoms with van der Waals surface area (Å²) in [6, 6.07) is 7.71. The van der Waals surface area contributed by atoms with Crippen molar-refractivity contribution in [1.82, 2.24) is 14.3 Å². The van der Waals surface area contributed by atoms with Crippen LogP contribution in [0.4, 0.5) is 16.0 Å². The zero-order chi connectivity index (χ0) is 21.1. The van der Waals surface area contributed by atoms with Crippen molar-refractivity contribution < 1.29 is 17.5 Å². The van der Waals surface area contributed by atoms with Crippen LogP contribution in [0.25, 0.3) is 0 Å². The van der Waals surface area contributed by atoms with Crippen molar-refractivity contribution in [3.8, 4) is 0 Å². The second kappa shape index (κ2) is 8.83. The lowest BCUT2D eigenvalue weighted by Gasteiger charge is -2.35. The summed E-state index contributed by atoms with van der Waals surface area (Å²) in [6.07, 6.45) is 0. The molecule has 2 aliphatic heterocycles. The highest BCUT2D eigenvalue weighted by atomic mass is 32.2. The first kappa shape index (κ1) is 21.0. The van der Waals surface area contributed by atoms with Crippen LogP contribution in [0.5, 0.6) is 0 Å². The van der Waals surface area contributed by atoms with Crippen LogP contribution in [0, 0.1) is 12.7 Å². The van der Waals surface area contributed by atoms with Crippen LogP contribution in [-0.4, -0.2) is 75.2 Å². The zero-order valence-electron chi connectivity index (χ0n) is 17.0. The van der Waals surface area contributed by atoms with Gasteiger partial charge in [-0.1, -0.05) is 12.1 Å². The normalized spacial score (nSPS) is 18.6. The highest BCUT2D eigenvalue weighted by molar-refractivity contribution is 7.88. The third kappa shape index (κ3) is 4.88. The predicted octanol–water partition coefficient (Wildman–Crippen LogP) is 1.41. The smallest absolute Gasteiger partial charge is 0.218 e. The molecule has 0 saturated carbocycles. The number of aromatic nitrogens is 2. The van der Waals surface area contributed by atoms with Gasteiger partial charge in [-0.25, -0.2) is 22.8 Å². The van der Waals surface area contributed by atoms with E-state index in [0.717, 1.165) is 24.7 Å². The molecule has 2 saturated heterocycles. The van der Waals surface area contributed by atoms with Gasteiger partial charge in [0.1, 0.15) is 23.3 Å². The molecule has 10 heteroatoms. The number of hydrogen-bond donors (Lipinski definition) is 0. The third-order valence-corrected chi connectivity index (χ3v) is 7.19. The SMILES string of the molecule is Cc1nc(N2CCOCC2)cc(N2CCN(S(=O)(=O)Cc3cccc(F)c3)CC2)n1. The lowest BCUT2D eigenvalue weighted by molar-refractivity contribution is 0.122.